The summed E-state index contributed by atoms with van der Waals surface area (Å²) < 4.78 is 0. The monoisotopic (exact) mass is 302 g/mol. The minimum Gasteiger partial charge on any atom is -0.228 e. The molecule has 3 aromatic rings. The van der Waals surface area contributed by atoms with Gasteiger partial charge in [0.15, 0.2) is 5.82 Å². The maximum Gasteiger partial charge on any atom is 0.161 e. The first-order valence-corrected chi connectivity index (χ1v) is 7.00. The molecule has 20 heavy (non-hydrogen) atoms. The molecule has 0 aliphatic carbocycles. The Kier molecular flexibility index (Phi) is 3.36. The molecule has 0 saturated heterocycles. The number of benzene rings is 2. The molecule has 0 radical (unpaired) electrons. The van der Waals surface area contributed by atoms with E-state index < -0.39 is 0 Å². The van der Waals surface area contributed by atoms with Crippen molar-refractivity contribution in [2.75, 3.05) is 0 Å². The molecule has 1 heterocycles. The number of hydrogen-bond acceptors (Lipinski definition) is 2. The number of hydrogen-bond donors (Lipinski definition) is 0. The number of rotatable bonds is 1. The Morgan fingerprint density at radius 3 is 2.45 bits per heavy atom. The lowest BCUT2D eigenvalue weighted by atomic mass is 10.1. The zero-order valence-electron chi connectivity index (χ0n) is 11.1. The van der Waals surface area contributed by atoms with E-state index >= 15 is 0 Å². The number of halogens is 2. The molecule has 100 valence electrons. The third kappa shape index (κ3) is 2.37. The predicted molar refractivity (Wildman–Crippen MR) is 84.5 cm³/mol. The molecule has 3 rings (SSSR count). The minimum atomic E-state index is 0.446. The molecule has 4 heteroatoms. The predicted octanol–water partition coefficient (Wildman–Crippen LogP) is 5.22. The van der Waals surface area contributed by atoms with Gasteiger partial charge in [0.1, 0.15) is 5.15 Å². The van der Waals surface area contributed by atoms with Crippen LogP contribution in [0.5, 0.6) is 0 Å². The molecule has 2 aromatic carbocycles. The van der Waals surface area contributed by atoms with Crippen molar-refractivity contribution in [3.63, 3.8) is 0 Å². The van der Waals surface area contributed by atoms with E-state index in [0.29, 0.717) is 16.0 Å². The molecule has 0 N–H and O–H groups in total. The van der Waals surface area contributed by atoms with E-state index in [2.05, 4.69) is 23.0 Å². The van der Waals surface area contributed by atoms with Gasteiger partial charge in [0, 0.05) is 16.0 Å². The van der Waals surface area contributed by atoms with E-state index in [0.717, 1.165) is 22.0 Å². The van der Waals surface area contributed by atoms with Gasteiger partial charge >= 0.3 is 0 Å². The summed E-state index contributed by atoms with van der Waals surface area (Å²) in [6, 6.07) is 11.6. The van der Waals surface area contributed by atoms with Gasteiger partial charge in [-0.3, -0.25) is 0 Å². The Bertz CT molecular complexity index is 813. The average Bonchev–Trinajstić information content (AvgIpc) is 2.37. The summed E-state index contributed by atoms with van der Waals surface area (Å²) in [4.78, 5) is 8.98. The summed E-state index contributed by atoms with van der Waals surface area (Å²) >= 11 is 12.3. The fourth-order valence-corrected chi connectivity index (χ4v) is 2.66. The van der Waals surface area contributed by atoms with E-state index in [1.165, 1.54) is 5.56 Å². The highest BCUT2D eigenvalue weighted by Crippen LogP contribution is 2.28. The summed E-state index contributed by atoms with van der Waals surface area (Å²) in [5.41, 5.74) is 4.08. The van der Waals surface area contributed by atoms with Crippen molar-refractivity contribution in [1.29, 1.82) is 0 Å². The summed E-state index contributed by atoms with van der Waals surface area (Å²) in [6.07, 6.45) is 0. The molecule has 2 nitrogen and oxygen atoms in total. The number of nitrogens with zero attached hydrogens (tertiary/aromatic N) is 2. The second-order valence-electron chi connectivity index (χ2n) is 4.82. The van der Waals surface area contributed by atoms with Crippen molar-refractivity contribution in [3.05, 3.63) is 57.7 Å². The quantitative estimate of drug-likeness (QED) is 0.576. The van der Waals surface area contributed by atoms with Gasteiger partial charge in [0.25, 0.3) is 0 Å². The summed E-state index contributed by atoms with van der Waals surface area (Å²) in [6.45, 7) is 4.10. The maximum atomic E-state index is 6.25. The third-order valence-corrected chi connectivity index (χ3v) is 3.76. The first-order valence-electron chi connectivity index (χ1n) is 6.25. The van der Waals surface area contributed by atoms with Crippen molar-refractivity contribution in [2.45, 2.75) is 13.8 Å². The molecule has 0 unspecified atom stereocenters. The average molecular weight is 303 g/mol. The standard InChI is InChI=1S/C16H12Cl2N2/c1-9-3-5-12(10(2)7-9)16-19-14-8-11(17)4-6-13(14)15(18)20-16/h3-8H,1-2H3. The Balaban J connectivity index is 2.26. The second kappa shape index (κ2) is 5.04. The highest BCUT2D eigenvalue weighted by atomic mass is 35.5. The van der Waals surface area contributed by atoms with Crippen molar-refractivity contribution < 1.29 is 0 Å². The van der Waals surface area contributed by atoms with Crippen LogP contribution < -0.4 is 0 Å². The van der Waals surface area contributed by atoms with Crippen molar-refractivity contribution in [3.8, 4) is 11.4 Å². The molecule has 0 fully saturated rings. The molecule has 0 aliphatic rings. The van der Waals surface area contributed by atoms with Gasteiger partial charge in [0.2, 0.25) is 0 Å². The van der Waals surface area contributed by atoms with Gasteiger partial charge < -0.3 is 0 Å². The lowest BCUT2D eigenvalue weighted by molar-refractivity contribution is 1.21. The van der Waals surface area contributed by atoms with Crippen LogP contribution in [0.1, 0.15) is 11.1 Å². The Morgan fingerprint density at radius 2 is 1.70 bits per heavy atom. The number of aromatic nitrogens is 2. The number of fused-ring (bicyclic) bond motifs is 1. The second-order valence-corrected chi connectivity index (χ2v) is 5.61. The van der Waals surface area contributed by atoms with Crippen molar-refractivity contribution in [1.82, 2.24) is 9.97 Å². The summed E-state index contributed by atoms with van der Waals surface area (Å²) in [5.74, 6) is 0.627. The summed E-state index contributed by atoms with van der Waals surface area (Å²) in [5, 5.41) is 1.89. The SMILES string of the molecule is Cc1ccc(-c2nc(Cl)c3ccc(Cl)cc3n2)c(C)c1. The molecular formula is C16H12Cl2N2. The van der Waals surface area contributed by atoms with Gasteiger partial charge in [-0.15, -0.1) is 0 Å². The Labute approximate surface area is 127 Å². The highest BCUT2D eigenvalue weighted by molar-refractivity contribution is 6.35. The zero-order chi connectivity index (χ0) is 14.3. The van der Waals surface area contributed by atoms with Crippen LogP contribution >= 0.6 is 23.2 Å². The van der Waals surface area contributed by atoms with Crippen LogP contribution in [0, 0.1) is 13.8 Å². The van der Waals surface area contributed by atoms with Crippen LogP contribution in [-0.2, 0) is 0 Å². The first kappa shape index (κ1) is 13.3. The van der Waals surface area contributed by atoms with Gasteiger partial charge in [-0.1, -0.05) is 47.0 Å². The Morgan fingerprint density at radius 1 is 0.900 bits per heavy atom. The van der Waals surface area contributed by atoms with Crippen LogP contribution in [-0.4, -0.2) is 9.97 Å². The minimum absolute atomic E-state index is 0.446. The van der Waals surface area contributed by atoms with E-state index in [1.54, 1.807) is 12.1 Å². The van der Waals surface area contributed by atoms with Crippen LogP contribution in [0.25, 0.3) is 22.3 Å². The fourth-order valence-electron chi connectivity index (χ4n) is 2.25. The van der Waals surface area contributed by atoms with E-state index in [9.17, 15) is 0 Å². The van der Waals surface area contributed by atoms with Crippen LogP contribution in [0.2, 0.25) is 10.2 Å². The molecule has 1 aromatic heterocycles. The smallest absolute Gasteiger partial charge is 0.161 e. The molecular weight excluding hydrogens is 291 g/mol. The van der Waals surface area contributed by atoms with Gasteiger partial charge in [0.05, 0.1) is 5.52 Å². The van der Waals surface area contributed by atoms with Crippen molar-refractivity contribution in [2.24, 2.45) is 0 Å². The molecule has 0 aliphatic heterocycles. The van der Waals surface area contributed by atoms with Crippen LogP contribution in [0.3, 0.4) is 0 Å². The van der Waals surface area contributed by atoms with Crippen LogP contribution in [0.4, 0.5) is 0 Å². The van der Waals surface area contributed by atoms with E-state index in [-0.39, 0.29) is 0 Å². The topological polar surface area (TPSA) is 25.8 Å². The molecule has 0 spiro atoms. The van der Waals surface area contributed by atoms with Crippen molar-refractivity contribution >= 4 is 34.1 Å². The highest BCUT2D eigenvalue weighted by Gasteiger charge is 2.10. The normalized spacial score (nSPS) is 11.0. The van der Waals surface area contributed by atoms with Crippen LogP contribution in [0.15, 0.2) is 36.4 Å². The lowest BCUT2D eigenvalue weighted by Gasteiger charge is -2.08. The van der Waals surface area contributed by atoms with Gasteiger partial charge in [-0.2, -0.15) is 0 Å². The maximum absolute atomic E-state index is 6.25. The fraction of sp³-hybridized carbons (Fsp3) is 0.125. The lowest BCUT2D eigenvalue weighted by Crippen LogP contribution is -1.94. The van der Waals surface area contributed by atoms with E-state index in [4.69, 9.17) is 23.2 Å². The Hall–Kier alpha value is -1.64. The molecule has 0 saturated carbocycles. The van der Waals surface area contributed by atoms with E-state index in [1.807, 2.05) is 25.1 Å². The first-order chi connectivity index (χ1) is 9.54. The molecule has 0 amide bonds. The molecule has 0 atom stereocenters. The third-order valence-electron chi connectivity index (χ3n) is 3.24. The van der Waals surface area contributed by atoms with Gasteiger partial charge in [-0.05, 0) is 37.6 Å². The van der Waals surface area contributed by atoms with Gasteiger partial charge in [-0.25, -0.2) is 9.97 Å². The number of aryl methyl sites for hydroxylation is 2. The summed E-state index contributed by atoms with van der Waals surface area (Å²) in [7, 11) is 0. The zero-order valence-corrected chi connectivity index (χ0v) is 12.6. The molecule has 0 bridgehead atoms. The largest absolute Gasteiger partial charge is 0.228 e.